The predicted molar refractivity (Wildman–Crippen MR) is 47.9 cm³/mol. The van der Waals surface area contributed by atoms with Gasteiger partial charge in [-0.1, -0.05) is 0 Å². The Bertz CT molecular complexity index is 304. The fraction of sp³-hybridized carbons (Fsp3) is 0.250. The third kappa shape index (κ3) is 2.47. The van der Waals surface area contributed by atoms with Crippen molar-refractivity contribution >= 4 is 23.4 Å². The summed E-state index contributed by atoms with van der Waals surface area (Å²) < 4.78 is 4.43. The van der Waals surface area contributed by atoms with Crippen molar-refractivity contribution < 1.29 is 9.53 Å². The Morgan fingerprint density at radius 1 is 1.75 bits per heavy atom. The van der Waals surface area contributed by atoms with Crippen molar-refractivity contribution in [2.75, 3.05) is 7.11 Å². The SMILES string of the molecule is COC(=O)/C=C/c1csc(C)n1. The minimum absolute atomic E-state index is 0.361. The molecule has 0 radical (unpaired) electrons. The van der Waals surface area contributed by atoms with E-state index in [2.05, 4.69) is 9.72 Å². The van der Waals surface area contributed by atoms with E-state index in [0.717, 1.165) is 10.7 Å². The number of esters is 1. The number of methoxy groups -OCH3 is 1. The highest BCUT2D eigenvalue weighted by Gasteiger charge is 1.94. The molecular formula is C8H9NO2S. The topological polar surface area (TPSA) is 39.2 Å². The van der Waals surface area contributed by atoms with Crippen LogP contribution < -0.4 is 0 Å². The average molecular weight is 183 g/mol. The quantitative estimate of drug-likeness (QED) is 0.517. The summed E-state index contributed by atoms with van der Waals surface area (Å²) in [5.74, 6) is -0.361. The van der Waals surface area contributed by atoms with Crippen LogP contribution in [0.3, 0.4) is 0 Å². The molecule has 0 atom stereocenters. The number of hydrogen-bond acceptors (Lipinski definition) is 4. The Morgan fingerprint density at radius 3 is 3.00 bits per heavy atom. The molecule has 0 bridgehead atoms. The molecule has 3 nitrogen and oxygen atoms in total. The van der Waals surface area contributed by atoms with Gasteiger partial charge in [0, 0.05) is 11.5 Å². The molecule has 0 N–H and O–H groups in total. The molecule has 0 aliphatic carbocycles. The van der Waals surface area contributed by atoms with Crippen LogP contribution in [0.4, 0.5) is 0 Å². The molecule has 0 unspecified atom stereocenters. The lowest BCUT2D eigenvalue weighted by atomic mass is 10.4. The molecule has 1 aromatic heterocycles. The second-order valence-electron chi connectivity index (χ2n) is 2.15. The van der Waals surface area contributed by atoms with E-state index in [9.17, 15) is 4.79 Å². The van der Waals surface area contributed by atoms with Gasteiger partial charge in [0.25, 0.3) is 0 Å². The number of nitrogens with zero attached hydrogens (tertiary/aromatic N) is 1. The number of aryl methyl sites for hydroxylation is 1. The second-order valence-corrected chi connectivity index (χ2v) is 3.21. The van der Waals surface area contributed by atoms with Gasteiger partial charge in [-0.3, -0.25) is 0 Å². The lowest BCUT2D eigenvalue weighted by molar-refractivity contribution is -0.134. The van der Waals surface area contributed by atoms with E-state index >= 15 is 0 Å². The number of carbonyl (C=O) groups excluding carboxylic acids is 1. The zero-order valence-corrected chi connectivity index (χ0v) is 7.72. The Labute approximate surface area is 74.7 Å². The molecule has 0 aliphatic heterocycles. The van der Waals surface area contributed by atoms with Crippen molar-refractivity contribution in [2.45, 2.75) is 6.92 Å². The maximum absolute atomic E-state index is 10.7. The van der Waals surface area contributed by atoms with Crippen LogP contribution in [-0.2, 0) is 9.53 Å². The number of rotatable bonds is 2. The highest BCUT2D eigenvalue weighted by Crippen LogP contribution is 2.08. The number of hydrogen-bond donors (Lipinski definition) is 0. The number of aromatic nitrogens is 1. The minimum Gasteiger partial charge on any atom is -0.466 e. The summed E-state index contributed by atoms with van der Waals surface area (Å²) in [4.78, 5) is 14.8. The average Bonchev–Trinajstić information content (AvgIpc) is 2.47. The molecule has 1 rings (SSSR count). The Balaban J connectivity index is 2.63. The van der Waals surface area contributed by atoms with Crippen LogP contribution in [0.15, 0.2) is 11.5 Å². The van der Waals surface area contributed by atoms with Gasteiger partial charge in [0.15, 0.2) is 0 Å². The molecule has 64 valence electrons. The zero-order chi connectivity index (χ0) is 8.97. The number of carbonyl (C=O) groups is 1. The van der Waals surface area contributed by atoms with Gasteiger partial charge >= 0.3 is 5.97 Å². The van der Waals surface area contributed by atoms with E-state index < -0.39 is 0 Å². The normalized spacial score (nSPS) is 10.5. The summed E-state index contributed by atoms with van der Waals surface area (Å²) in [6.07, 6.45) is 2.99. The fourth-order valence-corrected chi connectivity index (χ4v) is 1.26. The molecule has 0 spiro atoms. The van der Waals surface area contributed by atoms with Crippen molar-refractivity contribution in [3.05, 3.63) is 22.2 Å². The molecule has 4 heteroatoms. The smallest absolute Gasteiger partial charge is 0.330 e. The summed E-state index contributed by atoms with van der Waals surface area (Å²) in [6, 6.07) is 0. The Morgan fingerprint density at radius 2 is 2.50 bits per heavy atom. The van der Waals surface area contributed by atoms with Gasteiger partial charge in [0.2, 0.25) is 0 Å². The van der Waals surface area contributed by atoms with Gasteiger partial charge in [-0.25, -0.2) is 9.78 Å². The molecule has 0 fully saturated rings. The second kappa shape index (κ2) is 4.01. The van der Waals surface area contributed by atoms with E-state index in [4.69, 9.17) is 0 Å². The van der Waals surface area contributed by atoms with E-state index in [-0.39, 0.29) is 5.97 Å². The Hall–Kier alpha value is -1.16. The first-order valence-corrected chi connectivity index (χ1v) is 4.28. The van der Waals surface area contributed by atoms with Gasteiger partial charge < -0.3 is 4.74 Å². The largest absolute Gasteiger partial charge is 0.466 e. The van der Waals surface area contributed by atoms with Crippen LogP contribution in [0.2, 0.25) is 0 Å². The highest BCUT2D eigenvalue weighted by atomic mass is 32.1. The van der Waals surface area contributed by atoms with E-state index in [0.29, 0.717) is 0 Å². The summed E-state index contributed by atoms with van der Waals surface area (Å²) in [5, 5.41) is 2.87. The van der Waals surface area contributed by atoms with Crippen molar-refractivity contribution in [3.63, 3.8) is 0 Å². The summed E-state index contributed by atoms with van der Waals surface area (Å²) >= 11 is 1.55. The molecule has 0 aromatic carbocycles. The molecule has 0 saturated heterocycles. The van der Waals surface area contributed by atoms with Crippen LogP contribution in [0.1, 0.15) is 10.7 Å². The summed E-state index contributed by atoms with van der Waals surface area (Å²) in [7, 11) is 1.35. The molecule has 0 saturated carbocycles. The Kier molecular flexibility index (Phi) is 2.99. The number of ether oxygens (including phenoxy) is 1. The van der Waals surface area contributed by atoms with Gasteiger partial charge in [-0.15, -0.1) is 11.3 Å². The fourth-order valence-electron chi connectivity index (χ4n) is 0.678. The third-order valence-corrected chi connectivity index (χ3v) is 2.02. The minimum atomic E-state index is -0.361. The lowest BCUT2D eigenvalue weighted by Gasteiger charge is -1.87. The van der Waals surface area contributed by atoms with Crippen molar-refractivity contribution in [3.8, 4) is 0 Å². The van der Waals surface area contributed by atoms with Crippen LogP contribution in [0.5, 0.6) is 0 Å². The maximum Gasteiger partial charge on any atom is 0.330 e. The monoisotopic (exact) mass is 183 g/mol. The molecule has 12 heavy (non-hydrogen) atoms. The first-order chi connectivity index (χ1) is 5.72. The van der Waals surface area contributed by atoms with E-state index in [1.807, 2.05) is 12.3 Å². The lowest BCUT2D eigenvalue weighted by Crippen LogP contribution is -1.93. The molecule has 1 heterocycles. The van der Waals surface area contributed by atoms with Crippen LogP contribution in [0, 0.1) is 6.92 Å². The van der Waals surface area contributed by atoms with Crippen LogP contribution in [-0.4, -0.2) is 18.1 Å². The molecule has 1 aromatic rings. The third-order valence-electron chi connectivity index (χ3n) is 1.23. The maximum atomic E-state index is 10.7. The van der Waals surface area contributed by atoms with Crippen LogP contribution in [0.25, 0.3) is 6.08 Å². The summed E-state index contributed by atoms with van der Waals surface area (Å²) in [6.45, 7) is 1.92. The first kappa shape index (κ1) is 8.93. The van der Waals surface area contributed by atoms with Crippen molar-refractivity contribution in [2.24, 2.45) is 0 Å². The standard InChI is InChI=1S/C8H9NO2S/c1-6-9-7(5-12-6)3-4-8(10)11-2/h3-5H,1-2H3/b4-3+. The van der Waals surface area contributed by atoms with E-state index in [1.165, 1.54) is 13.2 Å². The van der Waals surface area contributed by atoms with Crippen LogP contribution >= 0.6 is 11.3 Å². The van der Waals surface area contributed by atoms with Gasteiger partial charge in [0.1, 0.15) is 0 Å². The zero-order valence-electron chi connectivity index (χ0n) is 6.90. The molecule has 0 aliphatic rings. The predicted octanol–water partition coefficient (Wildman–Crippen LogP) is 1.64. The van der Waals surface area contributed by atoms with E-state index in [1.54, 1.807) is 17.4 Å². The van der Waals surface area contributed by atoms with Crippen molar-refractivity contribution in [1.29, 1.82) is 0 Å². The van der Waals surface area contributed by atoms with Gasteiger partial charge in [-0.2, -0.15) is 0 Å². The first-order valence-electron chi connectivity index (χ1n) is 3.40. The van der Waals surface area contributed by atoms with Crippen molar-refractivity contribution in [1.82, 2.24) is 4.98 Å². The van der Waals surface area contributed by atoms with Gasteiger partial charge in [0.05, 0.1) is 17.8 Å². The summed E-state index contributed by atoms with van der Waals surface area (Å²) in [5.41, 5.74) is 0.794. The number of thiazole rings is 1. The molecule has 0 amide bonds. The highest BCUT2D eigenvalue weighted by molar-refractivity contribution is 7.09. The molecular weight excluding hydrogens is 174 g/mol. The van der Waals surface area contributed by atoms with Gasteiger partial charge in [-0.05, 0) is 13.0 Å².